The topological polar surface area (TPSA) is 88.3 Å². The Morgan fingerprint density at radius 3 is 2.65 bits per heavy atom. The lowest BCUT2D eigenvalue weighted by molar-refractivity contribution is -0.141. The van der Waals surface area contributed by atoms with Gasteiger partial charge in [0.05, 0.1) is 17.0 Å². The van der Waals surface area contributed by atoms with Crippen LogP contribution in [0.15, 0.2) is 6.07 Å². The van der Waals surface area contributed by atoms with Gasteiger partial charge >= 0.3 is 5.97 Å². The zero-order chi connectivity index (χ0) is 18.6. The third-order valence-corrected chi connectivity index (χ3v) is 6.03. The number of aromatic nitrogens is 3. The van der Waals surface area contributed by atoms with Crippen LogP contribution in [0.25, 0.3) is 11.0 Å². The van der Waals surface area contributed by atoms with Crippen molar-refractivity contribution in [2.45, 2.75) is 58.0 Å². The number of aryl methyl sites for hydroxylation is 3. The van der Waals surface area contributed by atoms with Gasteiger partial charge < -0.3 is 10.0 Å². The zero-order valence-electron chi connectivity index (χ0n) is 15.4. The molecule has 1 aliphatic carbocycles. The van der Waals surface area contributed by atoms with Crippen molar-refractivity contribution in [2.75, 3.05) is 0 Å². The number of hydrogen-bond donors (Lipinski definition) is 1. The second-order valence-corrected chi connectivity index (χ2v) is 7.62. The number of hydrogen-bond acceptors (Lipinski definition) is 4. The first-order valence-electron chi connectivity index (χ1n) is 9.25. The molecule has 26 heavy (non-hydrogen) atoms. The third kappa shape index (κ3) is 2.48. The van der Waals surface area contributed by atoms with E-state index in [0.29, 0.717) is 23.6 Å². The van der Waals surface area contributed by atoms with E-state index in [1.54, 1.807) is 16.5 Å². The average molecular weight is 356 g/mol. The molecule has 1 saturated carbocycles. The standard InChI is InChI=1S/C19H24N4O3/c1-10-14(9-13-11(2)21-22(3)17(13)20-10)18(24)23-15-7-5-4-6-12(15)8-16(23)19(25)26/h9,12,15-16H,4-8H2,1-3H3,(H,25,26). The number of carbonyl (C=O) groups is 2. The molecule has 1 saturated heterocycles. The number of likely N-dealkylation sites (tertiary alicyclic amines) is 1. The maximum absolute atomic E-state index is 13.4. The van der Waals surface area contributed by atoms with E-state index >= 15 is 0 Å². The molecule has 3 heterocycles. The fourth-order valence-electron chi connectivity index (χ4n) is 4.76. The van der Waals surface area contributed by atoms with Gasteiger partial charge in [-0.25, -0.2) is 9.78 Å². The highest BCUT2D eigenvalue weighted by Crippen LogP contribution is 2.40. The number of aliphatic carboxylic acids is 1. The molecule has 138 valence electrons. The minimum atomic E-state index is -0.906. The lowest BCUT2D eigenvalue weighted by atomic mass is 9.84. The van der Waals surface area contributed by atoms with E-state index in [1.165, 1.54) is 0 Å². The Morgan fingerprint density at radius 1 is 1.19 bits per heavy atom. The van der Waals surface area contributed by atoms with Gasteiger partial charge in [0.2, 0.25) is 0 Å². The van der Waals surface area contributed by atoms with E-state index in [9.17, 15) is 14.7 Å². The SMILES string of the molecule is Cc1nc2c(cc1C(=O)N1C(C(=O)O)CC3CCCCC31)c(C)nn2C. The third-order valence-electron chi connectivity index (χ3n) is 6.03. The van der Waals surface area contributed by atoms with Gasteiger partial charge in [-0.1, -0.05) is 12.8 Å². The Balaban J connectivity index is 1.78. The molecule has 1 N–H and O–H groups in total. The fraction of sp³-hybridized carbons (Fsp3) is 0.579. The molecule has 3 unspecified atom stereocenters. The molecule has 4 rings (SSSR count). The van der Waals surface area contributed by atoms with Crippen molar-refractivity contribution >= 4 is 22.9 Å². The minimum Gasteiger partial charge on any atom is -0.480 e. The van der Waals surface area contributed by atoms with Crippen LogP contribution in [0, 0.1) is 19.8 Å². The fourth-order valence-corrected chi connectivity index (χ4v) is 4.76. The van der Waals surface area contributed by atoms with Gasteiger partial charge in [-0.15, -0.1) is 0 Å². The second-order valence-electron chi connectivity index (χ2n) is 7.62. The van der Waals surface area contributed by atoms with Gasteiger partial charge in [0, 0.05) is 18.5 Å². The van der Waals surface area contributed by atoms with Gasteiger partial charge in [-0.3, -0.25) is 9.48 Å². The van der Waals surface area contributed by atoms with E-state index in [-0.39, 0.29) is 11.9 Å². The van der Waals surface area contributed by atoms with Crippen LogP contribution in [0.4, 0.5) is 0 Å². The van der Waals surface area contributed by atoms with Gasteiger partial charge in [0.25, 0.3) is 5.91 Å². The summed E-state index contributed by atoms with van der Waals surface area (Å²) < 4.78 is 1.71. The maximum Gasteiger partial charge on any atom is 0.326 e. The molecular formula is C19H24N4O3. The molecular weight excluding hydrogens is 332 g/mol. The molecule has 0 aromatic carbocycles. The highest BCUT2D eigenvalue weighted by atomic mass is 16.4. The first kappa shape index (κ1) is 17.0. The van der Waals surface area contributed by atoms with Crippen LogP contribution in [0.5, 0.6) is 0 Å². The quantitative estimate of drug-likeness (QED) is 0.893. The number of fused-ring (bicyclic) bond motifs is 2. The summed E-state index contributed by atoms with van der Waals surface area (Å²) in [5.74, 6) is -0.815. The van der Waals surface area contributed by atoms with Crippen LogP contribution >= 0.6 is 0 Å². The monoisotopic (exact) mass is 356 g/mol. The highest BCUT2D eigenvalue weighted by molar-refractivity contribution is 6.00. The number of amides is 1. The predicted octanol–water partition coefficient (Wildman–Crippen LogP) is 2.44. The summed E-state index contributed by atoms with van der Waals surface area (Å²) in [6, 6.07) is 1.13. The Labute approximate surface area is 152 Å². The largest absolute Gasteiger partial charge is 0.480 e. The van der Waals surface area contributed by atoms with Gasteiger partial charge in [0.15, 0.2) is 5.65 Å². The van der Waals surface area contributed by atoms with Crippen LogP contribution in [-0.2, 0) is 11.8 Å². The molecule has 2 aliphatic rings. The number of nitrogens with zero attached hydrogens (tertiary/aromatic N) is 4. The Morgan fingerprint density at radius 2 is 1.92 bits per heavy atom. The number of pyridine rings is 1. The molecule has 2 fully saturated rings. The smallest absolute Gasteiger partial charge is 0.326 e. The Bertz CT molecular complexity index is 904. The summed E-state index contributed by atoms with van der Waals surface area (Å²) in [5, 5.41) is 14.9. The van der Waals surface area contributed by atoms with Crippen LogP contribution in [-0.4, -0.2) is 48.7 Å². The van der Waals surface area contributed by atoms with E-state index in [0.717, 1.165) is 42.4 Å². The summed E-state index contributed by atoms with van der Waals surface area (Å²) in [6.07, 6.45) is 4.63. The molecule has 1 amide bonds. The van der Waals surface area contributed by atoms with Crippen molar-refractivity contribution in [3.63, 3.8) is 0 Å². The van der Waals surface area contributed by atoms with Gasteiger partial charge in [0.1, 0.15) is 6.04 Å². The normalized spacial score (nSPS) is 25.5. The van der Waals surface area contributed by atoms with Crippen molar-refractivity contribution in [2.24, 2.45) is 13.0 Å². The maximum atomic E-state index is 13.4. The molecule has 1 aliphatic heterocycles. The predicted molar refractivity (Wildman–Crippen MR) is 95.9 cm³/mol. The van der Waals surface area contributed by atoms with Crippen molar-refractivity contribution in [1.29, 1.82) is 0 Å². The molecule has 3 atom stereocenters. The minimum absolute atomic E-state index is 0.0300. The van der Waals surface area contributed by atoms with Crippen LogP contribution in [0.1, 0.15) is 53.8 Å². The van der Waals surface area contributed by atoms with Gasteiger partial charge in [-0.05, 0) is 45.1 Å². The van der Waals surface area contributed by atoms with Crippen molar-refractivity contribution in [3.8, 4) is 0 Å². The lowest BCUT2D eigenvalue weighted by Gasteiger charge is -2.33. The highest BCUT2D eigenvalue weighted by Gasteiger charge is 2.48. The van der Waals surface area contributed by atoms with E-state index in [2.05, 4.69) is 10.1 Å². The Hall–Kier alpha value is -2.44. The van der Waals surface area contributed by atoms with E-state index in [1.807, 2.05) is 20.0 Å². The summed E-state index contributed by atoms with van der Waals surface area (Å²) >= 11 is 0. The van der Waals surface area contributed by atoms with Crippen LogP contribution < -0.4 is 0 Å². The molecule has 2 aromatic heterocycles. The van der Waals surface area contributed by atoms with Crippen molar-refractivity contribution in [3.05, 3.63) is 23.0 Å². The summed E-state index contributed by atoms with van der Waals surface area (Å²) in [4.78, 5) is 31.4. The second kappa shape index (κ2) is 6.07. The molecule has 0 bridgehead atoms. The lowest BCUT2D eigenvalue weighted by Crippen LogP contribution is -2.46. The van der Waals surface area contributed by atoms with Crippen LogP contribution in [0.3, 0.4) is 0 Å². The number of carboxylic acids is 1. The molecule has 0 radical (unpaired) electrons. The molecule has 7 nitrogen and oxygen atoms in total. The number of carboxylic acid groups (broad SMARTS) is 1. The Kier molecular flexibility index (Phi) is 3.97. The van der Waals surface area contributed by atoms with Crippen LogP contribution in [0.2, 0.25) is 0 Å². The van der Waals surface area contributed by atoms with E-state index < -0.39 is 12.0 Å². The number of carbonyl (C=O) groups excluding carboxylic acids is 1. The van der Waals surface area contributed by atoms with Gasteiger partial charge in [-0.2, -0.15) is 5.10 Å². The number of rotatable bonds is 2. The molecule has 7 heteroatoms. The average Bonchev–Trinajstić information content (AvgIpc) is 3.12. The molecule has 0 spiro atoms. The van der Waals surface area contributed by atoms with Crippen molar-refractivity contribution < 1.29 is 14.7 Å². The summed E-state index contributed by atoms with van der Waals surface area (Å²) in [6.45, 7) is 3.69. The summed E-state index contributed by atoms with van der Waals surface area (Å²) in [5.41, 5.74) is 2.67. The van der Waals surface area contributed by atoms with Crippen molar-refractivity contribution in [1.82, 2.24) is 19.7 Å². The summed E-state index contributed by atoms with van der Waals surface area (Å²) in [7, 11) is 1.83. The zero-order valence-corrected chi connectivity index (χ0v) is 15.4. The first-order chi connectivity index (χ1) is 12.4. The molecule has 2 aromatic rings. The van der Waals surface area contributed by atoms with E-state index in [4.69, 9.17) is 0 Å². The first-order valence-corrected chi connectivity index (χ1v) is 9.25.